The topological polar surface area (TPSA) is 51.2 Å². The molecule has 1 heterocycles. The van der Waals surface area contributed by atoms with Gasteiger partial charge in [-0.05, 0) is 44.4 Å². The molecule has 2 rings (SSSR count). The first kappa shape index (κ1) is 16.5. The molecule has 1 aromatic heterocycles. The number of nitrogens with one attached hydrogen (secondary N) is 1. The number of benzene rings is 1. The maximum Gasteiger partial charge on any atom is 0.269 e. The zero-order valence-corrected chi connectivity index (χ0v) is 14.5. The number of carbonyl (C=O) groups is 1. The largest absolute Gasteiger partial charge is 0.478 e. The predicted molar refractivity (Wildman–Crippen MR) is 90.7 cm³/mol. The van der Waals surface area contributed by atoms with Crippen LogP contribution in [-0.2, 0) is 4.79 Å². The van der Waals surface area contributed by atoms with E-state index in [0.29, 0.717) is 16.8 Å². The molecular formula is C17H22N2O2S. The SMILES string of the molecule is Cc1cnc(NC(=O)C(C)(C)Oc2ccc(C(C)C)cc2)s1. The van der Waals surface area contributed by atoms with Gasteiger partial charge in [-0.2, -0.15) is 0 Å². The summed E-state index contributed by atoms with van der Waals surface area (Å²) in [4.78, 5) is 17.5. The molecular weight excluding hydrogens is 296 g/mol. The molecule has 22 heavy (non-hydrogen) atoms. The lowest BCUT2D eigenvalue weighted by Crippen LogP contribution is -2.42. The highest BCUT2D eigenvalue weighted by Crippen LogP contribution is 2.24. The zero-order chi connectivity index (χ0) is 16.3. The van der Waals surface area contributed by atoms with Crippen LogP contribution in [0, 0.1) is 6.92 Å². The number of aromatic nitrogens is 1. The molecule has 1 aromatic carbocycles. The Morgan fingerprint density at radius 1 is 1.27 bits per heavy atom. The van der Waals surface area contributed by atoms with Gasteiger partial charge >= 0.3 is 0 Å². The summed E-state index contributed by atoms with van der Waals surface area (Å²) in [6.45, 7) is 9.73. The van der Waals surface area contributed by atoms with Crippen LogP contribution in [0.3, 0.4) is 0 Å². The van der Waals surface area contributed by atoms with Gasteiger partial charge in [-0.25, -0.2) is 4.98 Å². The Morgan fingerprint density at radius 3 is 2.41 bits per heavy atom. The van der Waals surface area contributed by atoms with Crippen molar-refractivity contribution in [2.45, 2.75) is 46.1 Å². The monoisotopic (exact) mass is 318 g/mol. The Bertz CT molecular complexity index is 645. The molecule has 1 N–H and O–H groups in total. The molecule has 0 atom stereocenters. The first-order valence-electron chi connectivity index (χ1n) is 7.31. The summed E-state index contributed by atoms with van der Waals surface area (Å²) in [5.41, 5.74) is 0.270. The third-order valence-corrected chi connectivity index (χ3v) is 4.14. The van der Waals surface area contributed by atoms with E-state index in [2.05, 4.69) is 24.1 Å². The van der Waals surface area contributed by atoms with Gasteiger partial charge in [0.15, 0.2) is 10.7 Å². The van der Waals surface area contributed by atoms with Gasteiger partial charge in [0.05, 0.1) is 0 Å². The van der Waals surface area contributed by atoms with Crippen molar-refractivity contribution in [3.63, 3.8) is 0 Å². The van der Waals surface area contributed by atoms with Gasteiger partial charge in [-0.15, -0.1) is 11.3 Å². The van der Waals surface area contributed by atoms with E-state index in [4.69, 9.17) is 4.74 Å². The van der Waals surface area contributed by atoms with E-state index in [1.165, 1.54) is 16.9 Å². The standard InChI is InChI=1S/C17H22N2O2S/c1-11(2)13-6-8-14(9-7-13)21-17(4,5)15(20)19-16-18-10-12(3)22-16/h6-11H,1-5H3,(H,18,19,20). The van der Waals surface area contributed by atoms with Crippen molar-refractivity contribution in [3.8, 4) is 5.75 Å². The number of aryl methyl sites for hydroxylation is 1. The van der Waals surface area contributed by atoms with Crippen molar-refractivity contribution in [2.24, 2.45) is 0 Å². The van der Waals surface area contributed by atoms with Crippen molar-refractivity contribution in [3.05, 3.63) is 40.9 Å². The molecule has 0 bridgehead atoms. The number of carbonyl (C=O) groups excluding carboxylic acids is 1. The van der Waals surface area contributed by atoms with Crippen LogP contribution in [0.2, 0.25) is 0 Å². The lowest BCUT2D eigenvalue weighted by Gasteiger charge is -2.25. The molecule has 118 valence electrons. The maximum atomic E-state index is 12.4. The van der Waals surface area contributed by atoms with E-state index in [1.807, 2.05) is 31.2 Å². The van der Waals surface area contributed by atoms with Gasteiger partial charge in [0.1, 0.15) is 5.75 Å². The van der Waals surface area contributed by atoms with E-state index in [-0.39, 0.29) is 5.91 Å². The van der Waals surface area contributed by atoms with Crippen LogP contribution in [0.1, 0.15) is 44.1 Å². The number of nitrogens with zero attached hydrogens (tertiary/aromatic N) is 1. The van der Waals surface area contributed by atoms with Crippen molar-refractivity contribution < 1.29 is 9.53 Å². The minimum atomic E-state index is -0.973. The van der Waals surface area contributed by atoms with Gasteiger partial charge in [0, 0.05) is 11.1 Å². The molecule has 2 aromatic rings. The average Bonchev–Trinajstić information content (AvgIpc) is 2.84. The van der Waals surface area contributed by atoms with Crippen LogP contribution < -0.4 is 10.1 Å². The number of hydrogen-bond acceptors (Lipinski definition) is 4. The van der Waals surface area contributed by atoms with Gasteiger partial charge in [-0.3, -0.25) is 10.1 Å². The van der Waals surface area contributed by atoms with Gasteiger partial charge < -0.3 is 4.74 Å². The Hall–Kier alpha value is -1.88. The summed E-state index contributed by atoms with van der Waals surface area (Å²) >= 11 is 1.45. The molecule has 1 amide bonds. The fourth-order valence-electron chi connectivity index (χ4n) is 1.92. The van der Waals surface area contributed by atoms with Gasteiger partial charge in [-0.1, -0.05) is 26.0 Å². The molecule has 5 heteroatoms. The van der Waals surface area contributed by atoms with E-state index in [0.717, 1.165) is 4.88 Å². The highest BCUT2D eigenvalue weighted by Gasteiger charge is 2.30. The Balaban J connectivity index is 2.04. The molecule has 0 saturated carbocycles. The molecule has 0 aliphatic carbocycles. The smallest absolute Gasteiger partial charge is 0.269 e. The molecule has 0 fully saturated rings. The van der Waals surface area contributed by atoms with Crippen LogP contribution >= 0.6 is 11.3 Å². The number of ether oxygens (including phenoxy) is 1. The highest BCUT2D eigenvalue weighted by molar-refractivity contribution is 7.15. The first-order valence-corrected chi connectivity index (χ1v) is 8.12. The fourth-order valence-corrected chi connectivity index (χ4v) is 2.58. The average molecular weight is 318 g/mol. The van der Waals surface area contributed by atoms with Crippen LogP contribution in [0.15, 0.2) is 30.5 Å². The quantitative estimate of drug-likeness (QED) is 0.890. The van der Waals surface area contributed by atoms with Crippen LogP contribution in [0.25, 0.3) is 0 Å². The normalized spacial score (nSPS) is 11.5. The number of hydrogen-bond donors (Lipinski definition) is 1. The minimum absolute atomic E-state index is 0.213. The molecule has 0 spiro atoms. The summed E-state index contributed by atoms with van der Waals surface area (Å²) in [7, 11) is 0. The predicted octanol–water partition coefficient (Wildman–Crippen LogP) is 4.37. The van der Waals surface area contributed by atoms with E-state index in [1.54, 1.807) is 20.0 Å². The van der Waals surface area contributed by atoms with Crippen molar-refractivity contribution in [2.75, 3.05) is 5.32 Å². The van der Waals surface area contributed by atoms with Crippen LogP contribution in [0.4, 0.5) is 5.13 Å². The third kappa shape index (κ3) is 4.07. The second kappa shape index (κ2) is 6.48. The molecule has 0 radical (unpaired) electrons. The Kier molecular flexibility index (Phi) is 4.86. The van der Waals surface area contributed by atoms with Crippen LogP contribution in [0.5, 0.6) is 5.75 Å². The number of amides is 1. The number of thiazole rings is 1. The number of rotatable bonds is 5. The molecule has 0 aliphatic rings. The minimum Gasteiger partial charge on any atom is -0.478 e. The number of anilines is 1. The van der Waals surface area contributed by atoms with E-state index >= 15 is 0 Å². The summed E-state index contributed by atoms with van der Waals surface area (Å²) in [5.74, 6) is 0.938. The summed E-state index contributed by atoms with van der Waals surface area (Å²) in [6.07, 6.45) is 1.73. The van der Waals surface area contributed by atoms with Crippen molar-refractivity contribution in [1.82, 2.24) is 4.98 Å². The van der Waals surface area contributed by atoms with E-state index < -0.39 is 5.60 Å². The second-order valence-corrected chi connectivity index (χ2v) is 7.30. The highest BCUT2D eigenvalue weighted by atomic mass is 32.1. The molecule has 4 nitrogen and oxygen atoms in total. The zero-order valence-electron chi connectivity index (χ0n) is 13.6. The fraction of sp³-hybridized carbons (Fsp3) is 0.412. The first-order chi connectivity index (χ1) is 10.3. The van der Waals surface area contributed by atoms with E-state index in [9.17, 15) is 4.79 Å². The lowest BCUT2D eigenvalue weighted by atomic mass is 10.0. The van der Waals surface area contributed by atoms with Crippen LogP contribution in [-0.4, -0.2) is 16.5 Å². The Labute approximate surface area is 135 Å². The van der Waals surface area contributed by atoms with Gasteiger partial charge in [0.25, 0.3) is 5.91 Å². The lowest BCUT2D eigenvalue weighted by molar-refractivity contribution is -0.128. The third-order valence-electron chi connectivity index (χ3n) is 3.31. The summed E-state index contributed by atoms with van der Waals surface area (Å²) in [6, 6.07) is 7.85. The molecule has 0 saturated heterocycles. The maximum absolute atomic E-state index is 12.4. The molecule has 0 aliphatic heterocycles. The van der Waals surface area contributed by atoms with Crippen molar-refractivity contribution in [1.29, 1.82) is 0 Å². The molecule has 0 unspecified atom stereocenters. The summed E-state index contributed by atoms with van der Waals surface area (Å²) in [5, 5.41) is 3.39. The van der Waals surface area contributed by atoms with Gasteiger partial charge in [0.2, 0.25) is 0 Å². The Morgan fingerprint density at radius 2 is 1.91 bits per heavy atom. The summed E-state index contributed by atoms with van der Waals surface area (Å²) < 4.78 is 5.84. The second-order valence-electron chi connectivity index (χ2n) is 6.07. The van der Waals surface area contributed by atoms with Crippen molar-refractivity contribution >= 4 is 22.4 Å².